The molecule has 3 aromatic rings. The third-order valence-electron chi connectivity index (χ3n) is 3.26. The summed E-state index contributed by atoms with van der Waals surface area (Å²) in [5.74, 6) is 0.815. The van der Waals surface area contributed by atoms with Gasteiger partial charge in [0.15, 0.2) is 5.82 Å². The molecule has 4 rings (SSSR count). The molecule has 7 heteroatoms. The minimum Gasteiger partial charge on any atom is -0.395 e. The van der Waals surface area contributed by atoms with E-state index in [1.54, 1.807) is 10.7 Å². The van der Waals surface area contributed by atoms with Crippen LogP contribution in [0.3, 0.4) is 0 Å². The Morgan fingerprint density at radius 2 is 2.00 bits per heavy atom. The fraction of sp³-hybridized carbons (Fsp3) is 0. The maximum Gasteiger partial charge on any atom is 0.266 e. The van der Waals surface area contributed by atoms with Crippen molar-refractivity contribution in [2.75, 3.05) is 10.7 Å². The molecular formula is C14H12N6O. The highest BCUT2D eigenvalue weighted by atomic mass is 16.7. The lowest BCUT2D eigenvalue weighted by molar-refractivity contribution is 0.157. The van der Waals surface area contributed by atoms with E-state index in [4.69, 9.17) is 10.6 Å². The molecule has 0 aliphatic carbocycles. The Hall–Kier alpha value is -3.06. The van der Waals surface area contributed by atoms with Crippen molar-refractivity contribution in [3.8, 4) is 11.1 Å². The number of rotatable bonds is 2. The highest BCUT2D eigenvalue weighted by Crippen LogP contribution is 2.29. The Bertz CT molecular complexity index is 826. The van der Waals surface area contributed by atoms with Gasteiger partial charge in [0.1, 0.15) is 11.8 Å². The molecule has 1 aromatic carbocycles. The fourth-order valence-corrected chi connectivity index (χ4v) is 2.31. The molecule has 0 amide bonds. The Balaban J connectivity index is 1.87. The zero-order valence-corrected chi connectivity index (χ0v) is 11.0. The molecule has 1 aliphatic rings. The van der Waals surface area contributed by atoms with E-state index in [-0.39, 0.29) is 0 Å². The van der Waals surface area contributed by atoms with E-state index >= 15 is 0 Å². The molecule has 3 N–H and O–H groups in total. The molecule has 0 atom stereocenters. The van der Waals surface area contributed by atoms with Gasteiger partial charge in [-0.05, 0) is 11.6 Å². The number of nitrogens with one attached hydrogen (secondary N) is 1. The van der Waals surface area contributed by atoms with Crippen molar-refractivity contribution in [1.29, 1.82) is 0 Å². The SMILES string of the molecule is Nc1nc(N2C=CON2)nn2ccc(-c3ccccc3)c12. The van der Waals surface area contributed by atoms with Gasteiger partial charge in [0.25, 0.3) is 5.95 Å². The minimum absolute atomic E-state index is 0.406. The van der Waals surface area contributed by atoms with Crippen LogP contribution in [0.25, 0.3) is 16.6 Å². The van der Waals surface area contributed by atoms with Crippen LogP contribution in [0.5, 0.6) is 0 Å². The third kappa shape index (κ3) is 1.87. The monoisotopic (exact) mass is 280 g/mol. The molecule has 0 saturated carbocycles. The molecule has 0 radical (unpaired) electrons. The van der Waals surface area contributed by atoms with Gasteiger partial charge >= 0.3 is 0 Å². The van der Waals surface area contributed by atoms with Crippen molar-refractivity contribution < 1.29 is 4.84 Å². The van der Waals surface area contributed by atoms with Crippen molar-refractivity contribution in [2.45, 2.75) is 0 Å². The number of nitrogen functional groups attached to an aromatic ring is 1. The van der Waals surface area contributed by atoms with Crippen LogP contribution >= 0.6 is 0 Å². The number of anilines is 2. The molecule has 0 fully saturated rings. The van der Waals surface area contributed by atoms with Gasteiger partial charge in [0.2, 0.25) is 0 Å². The number of benzene rings is 1. The Kier molecular flexibility index (Phi) is 2.51. The highest BCUT2D eigenvalue weighted by Gasteiger charge is 2.16. The molecule has 1 aliphatic heterocycles. The third-order valence-corrected chi connectivity index (χ3v) is 3.26. The van der Waals surface area contributed by atoms with Crippen LogP contribution in [0.1, 0.15) is 0 Å². The van der Waals surface area contributed by atoms with Gasteiger partial charge in [-0.3, -0.25) is 0 Å². The predicted molar refractivity (Wildman–Crippen MR) is 78.7 cm³/mol. The molecule has 0 unspecified atom stereocenters. The zero-order chi connectivity index (χ0) is 14.2. The topological polar surface area (TPSA) is 80.7 Å². The Morgan fingerprint density at radius 3 is 2.76 bits per heavy atom. The van der Waals surface area contributed by atoms with Crippen molar-refractivity contribution in [2.24, 2.45) is 0 Å². The number of aromatic nitrogens is 3. The second-order valence-electron chi connectivity index (χ2n) is 4.55. The van der Waals surface area contributed by atoms with Crippen LogP contribution in [0.15, 0.2) is 55.1 Å². The molecule has 0 saturated heterocycles. The maximum absolute atomic E-state index is 6.12. The Morgan fingerprint density at radius 1 is 1.14 bits per heavy atom. The number of nitrogens with zero attached hydrogens (tertiary/aromatic N) is 4. The van der Waals surface area contributed by atoms with Crippen LogP contribution in [0.4, 0.5) is 11.8 Å². The molecular weight excluding hydrogens is 268 g/mol. The first kappa shape index (κ1) is 11.7. The quantitative estimate of drug-likeness (QED) is 0.743. The van der Waals surface area contributed by atoms with Crippen molar-refractivity contribution in [3.63, 3.8) is 0 Å². The average Bonchev–Trinajstić information content (AvgIpc) is 3.17. The normalized spacial score (nSPS) is 13.8. The lowest BCUT2D eigenvalue weighted by atomic mass is 10.1. The Labute approximate surface area is 120 Å². The van der Waals surface area contributed by atoms with Crippen LogP contribution in [0, 0.1) is 0 Å². The summed E-state index contributed by atoms with van der Waals surface area (Å²) in [7, 11) is 0. The first-order valence-corrected chi connectivity index (χ1v) is 6.40. The van der Waals surface area contributed by atoms with E-state index in [1.165, 1.54) is 11.3 Å². The summed E-state index contributed by atoms with van der Waals surface area (Å²) in [6.07, 6.45) is 5.02. The van der Waals surface area contributed by atoms with Crippen molar-refractivity contribution in [3.05, 3.63) is 55.1 Å². The van der Waals surface area contributed by atoms with Crippen LogP contribution < -0.4 is 16.3 Å². The largest absolute Gasteiger partial charge is 0.395 e. The number of nitrogens with two attached hydrogens (primary N) is 1. The zero-order valence-electron chi connectivity index (χ0n) is 11.0. The lowest BCUT2D eigenvalue weighted by Crippen LogP contribution is -2.29. The summed E-state index contributed by atoms with van der Waals surface area (Å²) in [5.41, 5.74) is 11.6. The number of hydrogen-bond donors (Lipinski definition) is 2. The van der Waals surface area contributed by atoms with Crippen LogP contribution in [-0.4, -0.2) is 14.6 Å². The van der Waals surface area contributed by atoms with E-state index < -0.39 is 0 Å². The second-order valence-corrected chi connectivity index (χ2v) is 4.55. The fourth-order valence-electron chi connectivity index (χ4n) is 2.31. The first-order valence-electron chi connectivity index (χ1n) is 6.40. The summed E-state index contributed by atoms with van der Waals surface area (Å²) in [6, 6.07) is 12.0. The van der Waals surface area contributed by atoms with Crippen molar-refractivity contribution in [1.82, 2.24) is 20.2 Å². The van der Waals surface area contributed by atoms with Gasteiger partial charge in [0.05, 0.1) is 6.20 Å². The molecule has 0 bridgehead atoms. The summed E-state index contributed by atoms with van der Waals surface area (Å²) >= 11 is 0. The maximum atomic E-state index is 6.12. The summed E-state index contributed by atoms with van der Waals surface area (Å²) in [4.78, 5) is 9.22. The van der Waals surface area contributed by atoms with E-state index in [9.17, 15) is 0 Å². The van der Waals surface area contributed by atoms with E-state index in [1.807, 2.05) is 42.6 Å². The first-order chi connectivity index (χ1) is 10.3. The molecule has 21 heavy (non-hydrogen) atoms. The molecule has 3 heterocycles. The van der Waals surface area contributed by atoms with Crippen molar-refractivity contribution >= 4 is 17.3 Å². The smallest absolute Gasteiger partial charge is 0.266 e. The molecule has 2 aromatic heterocycles. The average molecular weight is 280 g/mol. The molecule has 0 spiro atoms. The lowest BCUT2D eigenvalue weighted by Gasteiger charge is -2.12. The highest BCUT2D eigenvalue weighted by molar-refractivity contribution is 5.87. The minimum atomic E-state index is 0.406. The van der Waals surface area contributed by atoms with Crippen LogP contribution in [0.2, 0.25) is 0 Å². The van der Waals surface area contributed by atoms with Gasteiger partial charge in [-0.2, -0.15) is 4.98 Å². The number of fused-ring (bicyclic) bond motifs is 1. The van der Waals surface area contributed by atoms with E-state index in [0.717, 1.165) is 16.6 Å². The van der Waals surface area contributed by atoms with Gasteiger partial charge in [-0.1, -0.05) is 35.9 Å². The van der Waals surface area contributed by atoms with Crippen LogP contribution in [-0.2, 0) is 4.84 Å². The predicted octanol–water partition coefficient (Wildman–Crippen LogP) is 1.71. The van der Waals surface area contributed by atoms with E-state index in [2.05, 4.69) is 15.7 Å². The van der Waals surface area contributed by atoms with Gasteiger partial charge < -0.3 is 10.6 Å². The summed E-state index contributed by atoms with van der Waals surface area (Å²) in [6.45, 7) is 0. The molecule has 104 valence electrons. The van der Waals surface area contributed by atoms with Gasteiger partial charge in [-0.25, -0.2) is 9.52 Å². The summed E-state index contributed by atoms with van der Waals surface area (Å²) in [5, 5.41) is 5.96. The number of hydrazine groups is 1. The van der Waals surface area contributed by atoms with Gasteiger partial charge in [-0.15, -0.1) is 5.10 Å². The van der Waals surface area contributed by atoms with Gasteiger partial charge in [0, 0.05) is 11.8 Å². The second kappa shape index (κ2) is 4.50. The molecule has 7 nitrogen and oxygen atoms in total. The number of hydrogen-bond acceptors (Lipinski definition) is 6. The summed E-state index contributed by atoms with van der Waals surface area (Å²) < 4.78 is 1.72. The van der Waals surface area contributed by atoms with E-state index in [0.29, 0.717) is 11.8 Å². The standard InChI is InChI=1S/C14H12N6O/c15-13-12-11(10-4-2-1-3-5-10)6-7-19(12)17-14(16-13)20-8-9-21-18-20/h1-9,18H,(H2,15,16,17).